The zero-order valence-corrected chi connectivity index (χ0v) is 20.5. The van der Waals surface area contributed by atoms with E-state index in [1.165, 1.54) is 44.9 Å². The van der Waals surface area contributed by atoms with Crippen LogP contribution in [0.25, 0.3) is 0 Å². The number of halogens is 1. The number of hydrogen-bond acceptors (Lipinski definition) is 7. The quantitative estimate of drug-likeness (QED) is 0.594. The van der Waals surface area contributed by atoms with Gasteiger partial charge in [-0.1, -0.05) is 11.6 Å². The lowest BCUT2D eigenvalue weighted by molar-refractivity contribution is -0.120. The Morgan fingerprint density at radius 2 is 1.52 bits per heavy atom. The molecule has 33 heavy (non-hydrogen) atoms. The monoisotopic (exact) mass is 498 g/mol. The predicted octanol–water partition coefficient (Wildman–Crippen LogP) is 3.41. The highest BCUT2D eigenvalue weighted by Gasteiger charge is 2.33. The summed E-state index contributed by atoms with van der Waals surface area (Å²) in [5.74, 6) is 1.05. The third-order valence-corrected chi connectivity index (χ3v) is 7.74. The lowest BCUT2D eigenvalue weighted by Crippen LogP contribution is -2.41. The summed E-state index contributed by atoms with van der Waals surface area (Å²) in [4.78, 5) is 13.0. The van der Waals surface area contributed by atoms with Gasteiger partial charge in [-0.25, -0.2) is 8.42 Å². The molecule has 1 heterocycles. The first-order valence-corrected chi connectivity index (χ1v) is 12.0. The van der Waals surface area contributed by atoms with E-state index in [1.54, 1.807) is 18.2 Å². The fourth-order valence-electron chi connectivity index (χ4n) is 3.68. The molecule has 2 aromatic carbocycles. The molecule has 180 valence electrons. The molecule has 11 heteroatoms. The summed E-state index contributed by atoms with van der Waals surface area (Å²) in [5, 5.41) is 3.17. The molecule has 0 spiro atoms. The van der Waals surface area contributed by atoms with E-state index in [4.69, 9.17) is 30.5 Å². The first-order valence-electron chi connectivity index (χ1n) is 10.2. The molecule has 1 aliphatic heterocycles. The molecule has 1 fully saturated rings. The number of hydrogen-bond donors (Lipinski definition) is 1. The van der Waals surface area contributed by atoms with E-state index in [0.29, 0.717) is 46.5 Å². The van der Waals surface area contributed by atoms with E-state index in [-0.39, 0.29) is 29.8 Å². The van der Waals surface area contributed by atoms with E-state index in [2.05, 4.69) is 5.32 Å². The summed E-state index contributed by atoms with van der Waals surface area (Å²) in [7, 11) is 2.17. The average molecular weight is 499 g/mol. The minimum absolute atomic E-state index is 0.112. The molecule has 0 saturated carbocycles. The molecule has 9 nitrogen and oxygen atoms in total. The van der Waals surface area contributed by atoms with E-state index in [0.717, 1.165) is 0 Å². The van der Waals surface area contributed by atoms with Crippen molar-refractivity contribution in [1.82, 2.24) is 4.31 Å². The van der Waals surface area contributed by atoms with E-state index >= 15 is 0 Å². The second-order valence-corrected chi connectivity index (χ2v) is 9.72. The van der Waals surface area contributed by atoms with Crippen molar-refractivity contribution in [1.29, 1.82) is 0 Å². The minimum atomic E-state index is -3.74. The molecule has 1 amide bonds. The molecule has 3 rings (SSSR count). The van der Waals surface area contributed by atoms with Gasteiger partial charge in [0.25, 0.3) is 0 Å². The Hall–Kier alpha value is -2.69. The molecule has 0 radical (unpaired) electrons. The van der Waals surface area contributed by atoms with E-state index in [9.17, 15) is 13.2 Å². The van der Waals surface area contributed by atoms with Crippen molar-refractivity contribution >= 4 is 33.2 Å². The predicted molar refractivity (Wildman–Crippen MR) is 124 cm³/mol. The van der Waals surface area contributed by atoms with Crippen molar-refractivity contribution in [2.24, 2.45) is 5.92 Å². The topological polar surface area (TPSA) is 103 Å². The highest BCUT2D eigenvalue weighted by Crippen LogP contribution is 2.37. The number of amides is 1. The van der Waals surface area contributed by atoms with E-state index < -0.39 is 10.0 Å². The first-order chi connectivity index (χ1) is 15.7. The maximum atomic E-state index is 13.1. The number of piperidine rings is 1. The molecule has 0 bridgehead atoms. The van der Waals surface area contributed by atoms with Crippen LogP contribution in [0.5, 0.6) is 23.0 Å². The number of methoxy groups -OCH3 is 4. The Morgan fingerprint density at radius 1 is 0.909 bits per heavy atom. The Morgan fingerprint density at radius 3 is 2.09 bits per heavy atom. The number of ether oxygens (including phenoxy) is 4. The molecule has 0 aliphatic carbocycles. The van der Waals surface area contributed by atoms with Gasteiger partial charge >= 0.3 is 0 Å². The molecule has 1 saturated heterocycles. The molecular weight excluding hydrogens is 472 g/mol. The normalized spacial score (nSPS) is 15.1. The fraction of sp³-hybridized carbons (Fsp3) is 0.409. The van der Waals surface area contributed by atoms with Crippen LogP contribution in [-0.4, -0.2) is 60.2 Å². The second-order valence-electron chi connectivity index (χ2n) is 7.37. The van der Waals surface area contributed by atoms with Crippen LogP contribution in [0.1, 0.15) is 12.8 Å². The highest BCUT2D eigenvalue weighted by atomic mass is 35.5. The van der Waals surface area contributed by atoms with Crippen molar-refractivity contribution < 1.29 is 32.2 Å². The summed E-state index contributed by atoms with van der Waals surface area (Å²) < 4.78 is 48.4. The van der Waals surface area contributed by atoms with Gasteiger partial charge < -0.3 is 24.3 Å². The van der Waals surface area contributed by atoms with Gasteiger partial charge in [0, 0.05) is 31.1 Å². The lowest BCUT2D eigenvalue weighted by atomic mass is 9.97. The Bertz CT molecular complexity index is 1120. The Labute approximate surface area is 198 Å². The van der Waals surface area contributed by atoms with Gasteiger partial charge in [-0.05, 0) is 31.0 Å². The molecule has 0 unspecified atom stereocenters. The van der Waals surface area contributed by atoms with E-state index in [1.807, 2.05) is 0 Å². The first kappa shape index (κ1) is 24.9. The van der Waals surface area contributed by atoms with Crippen molar-refractivity contribution in [3.05, 3.63) is 35.4 Å². The highest BCUT2D eigenvalue weighted by molar-refractivity contribution is 7.89. The van der Waals surface area contributed by atoms with Crippen molar-refractivity contribution in [3.8, 4) is 23.0 Å². The van der Waals surface area contributed by atoms with Gasteiger partial charge in [-0.15, -0.1) is 0 Å². The van der Waals surface area contributed by atoms with Crippen LogP contribution in [0, 0.1) is 5.92 Å². The summed E-state index contributed by atoms with van der Waals surface area (Å²) in [6.07, 6.45) is 0.759. The van der Waals surface area contributed by atoms with Crippen molar-refractivity contribution in [2.45, 2.75) is 17.7 Å². The number of sulfonamides is 1. The van der Waals surface area contributed by atoms with Crippen molar-refractivity contribution in [2.75, 3.05) is 46.8 Å². The van der Waals surface area contributed by atoms with Crippen LogP contribution < -0.4 is 24.3 Å². The molecule has 1 N–H and O–H groups in total. The standard InChI is InChI=1S/C22H27ClN2O7S/c1-29-18-6-5-15(11-21(18)32-4)33(27,28)25-9-7-14(8-10-25)22(26)24-17-12-16(23)19(30-2)13-20(17)31-3/h5-6,11-14H,7-10H2,1-4H3,(H,24,26). The van der Waals surface area contributed by atoms with Gasteiger partial charge in [0.05, 0.1) is 44.0 Å². The third kappa shape index (κ3) is 5.29. The number of benzene rings is 2. The largest absolute Gasteiger partial charge is 0.495 e. The lowest BCUT2D eigenvalue weighted by Gasteiger charge is -2.30. The van der Waals surface area contributed by atoms with Gasteiger partial charge in [-0.3, -0.25) is 4.79 Å². The zero-order chi connectivity index (χ0) is 24.2. The van der Waals surface area contributed by atoms with Crippen LogP contribution >= 0.6 is 11.6 Å². The number of carbonyl (C=O) groups excluding carboxylic acids is 1. The number of anilines is 1. The average Bonchev–Trinajstić information content (AvgIpc) is 2.83. The summed E-state index contributed by atoms with van der Waals surface area (Å²) in [6.45, 7) is 0.435. The summed E-state index contributed by atoms with van der Waals surface area (Å²) in [5.41, 5.74) is 0.425. The van der Waals surface area contributed by atoms with Crippen LogP contribution in [0.4, 0.5) is 5.69 Å². The molecule has 0 aromatic heterocycles. The molecule has 1 aliphatic rings. The summed E-state index contributed by atoms with van der Waals surface area (Å²) >= 11 is 6.17. The van der Waals surface area contributed by atoms with Crippen LogP contribution in [0.2, 0.25) is 5.02 Å². The van der Waals surface area contributed by atoms with Gasteiger partial charge in [-0.2, -0.15) is 4.31 Å². The number of nitrogens with zero attached hydrogens (tertiary/aromatic N) is 1. The molecule has 2 aromatic rings. The maximum Gasteiger partial charge on any atom is 0.243 e. The Balaban J connectivity index is 1.68. The second kappa shape index (κ2) is 10.5. The van der Waals surface area contributed by atoms with Crippen molar-refractivity contribution in [3.63, 3.8) is 0 Å². The maximum absolute atomic E-state index is 13.1. The summed E-state index contributed by atoms with van der Waals surface area (Å²) in [6, 6.07) is 7.63. The van der Waals surface area contributed by atoms with Crippen LogP contribution in [0.15, 0.2) is 35.2 Å². The van der Waals surface area contributed by atoms with Gasteiger partial charge in [0.15, 0.2) is 11.5 Å². The smallest absolute Gasteiger partial charge is 0.243 e. The SMILES string of the molecule is COc1cc(OC)c(NC(=O)C2CCN(S(=O)(=O)c3ccc(OC)c(OC)c3)CC2)cc1Cl. The third-order valence-electron chi connectivity index (χ3n) is 5.55. The molecule has 0 atom stereocenters. The minimum Gasteiger partial charge on any atom is -0.495 e. The van der Waals surface area contributed by atoms with Gasteiger partial charge in [0.2, 0.25) is 15.9 Å². The fourth-order valence-corrected chi connectivity index (χ4v) is 5.40. The zero-order valence-electron chi connectivity index (χ0n) is 18.9. The number of rotatable bonds is 8. The number of carbonyl (C=O) groups is 1. The molecular formula is C22H27ClN2O7S. The van der Waals surface area contributed by atoms with Crippen LogP contribution in [0.3, 0.4) is 0 Å². The number of nitrogens with one attached hydrogen (secondary N) is 1. The van der Waals surface area contributed by atoms with Gasteiger partial charge in [0.1, 0.15) is 11.5 Å². The Kier molecular flexibility index (Phi) is 7.93. The van der Waals surface area contributed by atoms with Crippen LogP contribution in [-0.2, 0) is 14.8 Å².